The zero-order chi connectivity index (χ0) is 10.1. The highest BCUT2D eigenvalue weighted by Crippen LogP contribution is 2.35. The van der Waals surface area contributed by atoms with E-state index in [0.29, 0.717) is 11.8 Å². The molecule has 0 bridgehead atoms. The van der Waals surface area contributed by atoms with Crippen molar-refractivity contribution >= 4 is 12.4 Å². The van der Waals surface area contributed by atoms with Crippen LogP contribution in [0.25, 0.3) is 0 Å². The Morgan fingerprint density at radius 2 is 1.94 bits per heavy atom. The van der Waals surface area contributed by atoms with E-state index in [1.54, 1.807) is 0 Å². The van der Waals surface area contributed by atoms with Crippen molar-refractivity contribution in [3.63, 3.8) is 0 Å². The molecular weight excluding hydrogens is 226 g/mol. The molecule has 2 aliphatic rings. The molecule has 1 aliphatic carbocycles. The summed E-state index contributed by atoms with van der Waals surface area (Å²) < 4.78 is 5.33. The maximum absolute atomic E-state index is 5.33. The molecule has 0 radical (unpaired) electrons. The maximum Gasteiger partial charge on any atom is 0.229 e. The van der Waals surface area contributed by atoms with Crippen molar-refractivity contribution in [3.8, 4) is 0 Å². The van der Waals surface area contributed by atoms with Crippen molar-refractivity contribution in [1.82, 2.24) is 15.5 Å². The van der Waals surface area contributed by atoms with Gasteiger partial charge in [-0.2, -0.15) is 4.98 Å². The topological polar surface area (TPSA) is 51.0 Å². The van der Waals surface area contributed by atoms with E-state index in [1.165, 1.54) is 32.1 Å². The van der Waals surface area contributed by atoms with Gasteiger partial charge in [-0.15, -0.1) is 12.4 Å². The van der Waals surface area contributed by atoms with Gasteiger partial charge in [-0.3, -0.25) is 0 Å². The number of aromatic nitrogens is 2. The molecule has 2 heterocycles. The molecule has 5 heteroatoms. The summed E-state index contributed by atoms with van der Waals surface area (Å²) in [5.41, 5.74) is 0. The minimum atomic E-state index is 0. The van der Waals surface area contributed by atoms with Gasteiger partial charge in [-0.05, 0) is 32.2 Å². The SMILES string of the molecule is C1CNCC(c2noc(C3CCC3)n2)C1.Cl. The van der Waals surface area contributed by atoms with Gasteiger partial charge in [-0.25, -0.2) is 0 Å². The Balaban J connectivity index is 0.000000963. The molecule has 90 valence electrons. The molecule has 1 aliphatic heterocycles. The molecule has 1 N–H and O–H groups in total. The summed E-state index contributed by atoms with van der Waals surface area (Å²) in [5.74, 6) is 2.82. The molecule has 16 heavy (non-hydrogen) atoms. The fraction of sp³-hybridized carbons (Fsp3) is 0.818. The molecule has 0 amide bonds. The van der Waals surface area contributed by atoms with Crippen molar-refractivity contribution < 1.29 is 4.52 Å². The molecule has 1 unspecified atom stereocenters. The molecule has 0 spiro atoms. The lowest BCUT2D eigenvalue weighted by molar-refractivity contribution is 0.289. The zero-order valence-corrected chi connectivity index (χ0v) is 10.1. The van der Waals surface area contributed by atoms with Crippen molar-refractivity contribution in [2.75, 3.05) is 13.1 Å². The van der Waals surface area contributed by atoms with Gasteiger partial charge in [0.05, 0.1) is 0 Å². The molecular formula is C11H18ClN3O. The summed E-state index contributed by atoms with van der Waals surface area (Å²) >= 11 is 0. The predicted octanol–water partition coefficient (Wildman–Crippen LogP) is 2.23. The van der Waals surface area contributed by atoms with Crippen LogP contribution in [0.5, 0.6) is 0 Å². The molecule has 1 atom stereocenters. The van der Waals surface area contributed by atoms with Gasteiger partial charge in [0, 0.05) is 18.4 Å². The van der Waals surface area contributed by atoms with Crippen molar-refractivity contribution in [3.05, 3.63) is 11.7 Å². The van der Waals surface area contributed by atoms with Crippen molar-refractivity contribution in [2.45, 2.75) is 43.9 Å². The van der Waals surface area contributed by atoms with E-state index in [9.17, 15) is 0 Å². The number of hydrogen-bond donors (Lipinski definition) is 1. The third-order valence-electron chi connectivity index (χ3n) is 3.57. The molecule has 3 rings (SSSR count). The summed E-state index contributed by atoms with van der Waals surface area (Å²) in [5, 5.41) is 7.49. The minimum Gasteiger partial charge on any atom is -0.339 e. The number of nitrogens with one attached hydrogen (secondary N) is 1. The number of hydrogen-bond acceptors (Lipinski definition) is 4. The highest BCUT2D eigenvalue weighted by molar-refractivity contribution is 5.85. The first-order valence-electron chi connectivity index (χ1n) is 5.97. The highest BCUT2D eigenvalue weighted by Gasteiger charge is 2.27. The highest BCUT2D eigenvalue weighted by atomic mass is 35.5. The summed E-state index contributed by atoms with van der Waals surface area (Å²) in [6.07, 6.45) is 6.18. The van der Waals surface area contributed by atoms with Crippen LogP contribution in [0, 0.1) is 0 Å². The molecule has 0 aromatic carbocycles. The Labute approximate surface area is 102 Å². The second kappa shape index (κ2) is 5.15. The van der Waals surface area contributed by atoms with E-state index in [4.69, 9.17) is 4.52 Å². The van der Waals surface area contributed by atoms with Gasteiger partial charge in [0.1, 0.15) is 0 Å². The zero-order valence-electron chi connectivity index (χ0n) is 9.32. The average molecular weight is 244 g/mol. The average Bonchev–Trinajstić information content (AvgIpc) is 2.66. The minimum absolute atomic E-state index is 0. The Hall–Kier alpha value is -0.610. The van der Waals surface area contributed by atoms with Gasteiger partial charge in [0.2, 0.25) is 5.89 Å². The van der Waals surface area contributed by atoms with Crippen LogP contribution in [0.1, 0.15) is 55.7 Å². The second-order valence-corrected chi connectivity index (χ2v) is 4.66. The van der Waals surface area contributed by atoms with Crippen LogP contribution in [0.15, 0.2) is 4.52 Å². The molecule has 1 aromatic rings. The Morgan fingerprint density at radius 3 is 2.56 bits per heavy atom. The lowest BCUT2D eigenvalue weighted by Gasteiger charge is -2.21. The van der Waals surface area contributed by atoms with Crippen molar-refractivity contribution in [2.24, 2.45) is 0 Å². The van der Waals surface area contributed by atoms with Crippen LogP contribution >= 0.6 is 12.4 Å². The van der Waals surface area contributed by atoms with Crippen LogP contribution in [0.4, 0.5) is 0 Å². The van der Waals surface area contributed by atoms with Gasteiger partial charge in [0.25, 0.3) is 0 Å². The Kier molecular flexibility index (Phi) is 3.82. The molecule has 1 aromatic heterocycles. The largest absolute Gasteiger partial charge is 0.339 e. The fourth-order valence-electron chi connectivity index (χ4n) is 2.31. The summed E-state index contributed by atoms with van der Waals surface area (Å²) in [4.78, 5) is 4.54. The van der Waals surface area contributed by atoms with Crippen molar-refractivity contribution in [1.29, 1.82) is 0 Å². The summed E-state index contributed by atoms with van der Waals surface area (Å²) in [7, 11) is 0. The first kappa shape index (κ1) is 11.9. The number of nitrogens with zero attached hydrogens (tertiary/aromatic N) is 2. The first-order chi connectivity index (χ1) is 7.43. The summed E-state index contributed by atoms with van der Waals surface area (Å²) in [6, 6.07) is 0. The van der Waals surface area contributed by atoms with Gasteiger partial charge >= 0.3 is 0 Å². The van der Waals surface area contributed by atoms with Gasteiger partial charge in [-0.1, -0.05) is 11.6 Å². The van der Waals surface area contributed by atoms with Crippen LogP contribution in [0.2, 0.25) is 0 Å². The standard InChI is InChI=1S/C11H17N3O.ClH/c1-3-8(4-1)11-13-10(14-15-11)9-5-2-6-12-7-9;/h8-9,12H,1-7H2;1H. The molecule has 1 saturated carbocycles. The van der Waals surface area contributed by atoms with E-state index < -0.39 is 0 Å². The maximum atomic E-state index is 5.33. The van der Waals surface area contributed by atoms with Crippen LogP contribution in [-0.4, -0.2) is 23.2 Å². The third-order valence-corrected chi connectivity index (χ3v) is 3.57. The lowest BCUT2D eigenvalue weighted by atomic mass is 9.85. The van der Waals surface area contributed by atoms with Gasteiger partial charge in [0.15, 0.2) is 5.82 Å². The second-order valence-electron chi connectivity index (χ2n) is 4.66. The van der Waals surface area contributed by atoms with E-state index >= 15 is 0 Å². The molecule has 4 nitrogen and oxygen atoms in total. The fourth-order valence-corrected chi connectivity index (χ4v) is 2.31. The van der Waals surface area contributed by atoms with E-state index in [2.05, 4.69) is 15.5 Å². The Morgan fingerprint density at radius 1 is 1.12 bits per heavy atom. The quantitative estimate of drug-likeness (QED) is 0.866. The Bertz CT molecular complexity index is 332. The lowest BCUT2D eigenvalue weighted by Crippen LogP contribution is -2.29. The number of rotatable bonds is 2. The van der Waals surface area contributed by atoms with E-state index in [-0.39, 0.29) is 12.4 Å². The van der Waals surface area contributed by atoms with Gasteiger partial charge < -0.3 is 9.84 Å². The summed E-state index contributed by atoms with van der Waals surface area (Å²) in [6.45, 7) is 2.13. The number of piperidine rings is 1. The first-order valence-corrected chi connectivity index (χ1v) is 5.97. The van der Waals surface area contributed by atoms with Crippen LogP contribution < -0.4 is 5.32 Å². The third kappa shape index (κ3) is 2.23. The predicted molar refractivity (Wildman–Crippen MR) is 63.0 cm³/mol. The smallest absolute Gasteiger partial charge is 0.229 e. The van der Waals surface area contributed by atoms with Crippen LogP contribution in [-0.2, 0) is 0 Å². The normalized spacial score (nSPS) is 25.9. The van der Waals surface area contributed by atoms with E-state index in [0.717, 1.165) is 24.8 Å². The van der Waals surface area contributed by atoms with Crippen LogP contribution in [0.3, 0.4) is 0 Å². The van der Waals surface area contributed by atoms with E-state index in [1.807, 2.05) is 0 Å². The number of halogens is 1. The monoisotopic (exact) mass is 243 g/mol. The molecule has 1 saturated heterocycles. The molecule has 2 fully saturated rings.